The van der Waals surface area contributed by atoms with Gasteiger partial charge in [0.25, 0.3) is 5.91 Å². The summed E-state index contributed by atoms with van der Waals surface area (Å²) in [4.78, 5) is 40.2. The molecular weight excluding hydrogens is 590 g/mol. The van der Waals surface area contributed by atoms with Crippen LogP contribution in [0, 0.1) is 0 Å². The second-order valence-corrected chi connectivity index (χ2v) is 12.5. The van der Waals surface area contributed by atoms with Gasteiger partial charge in [-0.25, -0.2) is 4.79 Å². The lowest BCUT2D eigenvalue weighted by Crippen LogP contribution is -2.25. The molecule has 11 nitrogen and oxygen atoms in total. The van der Waals surface area contributed by atoms with E-state index in [0.717, 1.165) is 49.0 Å². The number of fused-ring (bicyclic) bond motifs is 1. The van der Waals surface area contributed by atoms with Crippen molar-refractivity contribution in [3.8, 4) is 11.5 Å². The van der Waals surface area contributed by atoms with Crippen molar-refractivity contribution in [3.05, 3.63) is 45.6 Å². The number of unbranched alkanes of at least 4 members (excludes halogenated alkanes) is 1. The van der Waals surface area contributed by atoms with Gasteiger partial charge in [0.15, 0.2) is 22.5 Å². The molecule has 1 aliphatic rings. The van der Waals surface area contributed by atoms with Gasteiger partial charge in [-0.1, -0.05) is 25.1 Å². The van der Waals surface area contributed by atoms with E-state index in [1.54, 1.807) is 32.0 Å². The highest BCUT2D eigenvalue weighted by Gasteiger charge is 2.29. The van der Waals surface area contributed by atoms with Gasteiger partial charge in [0, 0.05) is 17.0 Å². The minimum absolute atomic E-state index is 0.161. The predicted molar refractivity (Wildman–Crippen MR) is 167 cm³/mol. The van der Waals surface area contributed by atoms with E-state index in [0.29, 0.717) is 45.2 Å². The summed E-state index contributed by atoms with van der Waals surface area (Å²) in [7, 11) is 3.06. The number of amides is 2. The van der Waals surface area contributed by atoms with E-state index in [-0.39, 0.29) is 25.0 Å². The third-order valence-electron chi connectivity index (χ3n) is 7.12. The number of methoxy groups -OCH3 is 2. The molecule has 0 aliphatic heterocycles. The van der Waals surface area contributed by atoms with Crippen LogP contribution in [0.4, 0.5) is 5.00 Å². The number of rotatable bonds is 14. The van der Waals surface area contributed by atoms with Crippen molar-refractivity contribution in [2.75, 3.05) is 26.1 Å². The minimum atomic E-state index is -0.520. The first-order chi connectivity index (χ1) is 20.8. The van der Waals surface area contributed by atoms with Crippen molar-refractivity contribution in [1.82, 2.24) is 20.1 Å². The van der Waals surface area contributed by atoms with Gasteiger partial charge in [-0.15, -0.1) is 21.5 Å². The zero-order valence-electron chi connectivity index (χ0n) is 25.3. The Hall–Kier alpha value is -3.58. The number of thioether (sulfide) groups is 1. The number of anilines is 1. The van der Waals surface area contributed by atoms with Gasteiger partial charge >= 0.3 is 5.97 Å². The number of ether oxygens (including phenoxy) is 3. The number of nitrogens with one attached hydrogen (secondary N) is 2. The highest BCUT2D eigenvalue weighted by atomic mass is 32.2. The molecule has 1 atom stereocenters. The molecule has 0 saturated heterocycles. The Bertz CT molecular complexity index is 1450. The maximum Gasteiger partial charge on any atom is 0.341 e. The number of esters is 1. The number of aryl methyl sites for hydroxylation is 1. The molecule has 0 bridgehead atoms. The van der Waals surface area contributed by atoms with E-state index in [1.165, 1.54) is 37.3 Å². The van der Waals surface area contributed by atoms with Crippen LogP contribution in [0.3, 0.4) is 0 Å². The number of carbonyl (C=O) groups excluding carboxylic acids is 3. The fourth-order valence-corrected chi connectivity index (χ4v) is 6.99. The van der Waals surface area contributed by atoms with Crippen molar-refractivity contribution in [3.63, 3.8) is 0 Å². The number of benzene rings is 1. The average Bonchev–Trinajstić information content (AvgIpc) is 3.58. The molecule has 0 saturated carbocycles. The normalized spacial score (nSPS) is 13.1. The summed E-state index contributed by atoms with van der Waals surface area (Å²) in [6, 6.07) is 4.96. The van der Waals surface area contributed by atoms with Crippen LogP contribution < -0.4 is 20.1 Å². The number of aromatic nitrogens is 3. The first kappa shape index (κ1) is 32.3. The van der Waals surface area contributed by atoms with Gasteiger partial charge < -0.3 is 29.4 Å². The van der Waals surface area contributed by atoms with Crippen LogP contribution in [0.15, 0.2) is 23.4 Å². The summed E-state index contributed by atoms with van der Waals surface area (Å²) >= 11 is 2.76. The summed E-state index contributed by atoms with van der Waals surface area (Å²) in [6.45, 7) is 6.75. The van der Waals surface area contributed by atoms with E-state index in [4.69, 9.17) is 14.2 Å². The summed E-state index contributed by atoms with van der Waals surface area (Å²) in [5.41, 5.74) is 1.92. The van der Waals surface area contributed by atoms with Crippen LogP contribution in [-0.2, 0) is 35.5 Å². The Balaban J connectivity index is 1.46. The molecule has 3 aromatic rings. The van der Waals surface area contributed by atoms with Crippen molar-refractivity contribution in [2.45, 2.75) is 82.8 Å². The Morgan fingerprint density at radius 3 is 2.58 bits per heavy atom. The highest BCUT2D eigenvalue weighted by Crippen LogP contribution is 2.39. The fourth-order valence-electron chi connectivity index (χ4n) is 4.81. The monoisotopic (exact) mass is 629 g/mol. The predicted octanol–water partition coefficient (Wildman–Crippen LogP) is 5.26. The minimum Gasteiger partial charge on any atom is -0.493 e. The molecule has 232 valence electrons. The van der Waals surface area contributed by atoms with Crippen molar-refractivity contribution < 1.29 is 28.6 Å². The van der Waals surface area contributed by atoms with E-state index in [1.807, 2.05) is 4.57 Å². The molecule has 0 spiro atoms. The quantitative estimate of drug-likeness (QED) is 0.181. The SMILES string of the molecule is CCCCn1c(CNC(=O)c2ccc(OC)c(OC)c2)nnc1S[C@@H](C)C(=O)Nc1sc2c(c1C(=O)OCC)CCCC2. The molecule has 2 amide bonds. The second-order valence-electron chi connectivity index (χ2n) is 10.0. The lowest BCUT2D eigenvalue weighted by Gasteiger charge is -2.15. The van der Waals surface area contributed by atoms with E-state index < -0.39 is 11.2 Å². The largest absolute Gasteiger partial charge is 0.493 e. The number of hydrogen-bond donors (Lipinski definition) is 2. The molecule has 43 heavy (non-hydrogen) atoms. The molecule has 0 radical (unpaired) electrons. The maximum atomic E-state index is 13.4. The molecule has 0 unspecified atom stereocenters. The number of thiophene rings is 1. The van der Waals surface area contributed by atoms with Crippen molar-refractivity contribution >= 4 is 45.9 Å². The number of carbonyl (C=O) groups is 3. The van der Waals surface area contributed by atoms with E-state index >= 15 is 0 Å². The van der Waals surface area contributed by atoms with E-state index in [2.05, 4.69) is 27.8 Å². The molecular formula is C30H39N5O6S2. The Labute approximate surface area is 260 Å². The summed E-state index contributed by atoms with van der Waals surface area (Å²) in [6.07, 6.45) is 5.63. The molecule has 1 aliphatic carbocycles. The Morgan fingerprint density at radius 1 is 1.09 bits per heavy atom. The molecule has 2 aromatic heterocycles. The third kappa shape index (κ3) is 7.69. The Morgan fingerprint density at radius 2 is 1.86 bits per heavy atom. The lowest BCUT2D eigenvalue weighted by molar-refractivity contribution is -0.115. The van der Waals surface area contributed by atoms with Crippen LogP contribution >= 0.6 is 23.1 Å². The van der Waals surface area contributed by atoms with Gasteiger partial charge in [0.1, 0.15) is 5.00 Å². The standard InChI is InChI=1S/C30H39N5O6S2/c1-6-8-15-35-24(17-31-27(37)19-13-14-21(39-4)22(16-19)40-5)33-34-30(35)42-18(3)26(36)32-28-25(29(38)41-7-2)20-11-9-10-12-23(20)43-28/h13-14,16,18H,6-12,15,17H2,1-5H3,(H,31,37)(H,32,36)/t18-/m0/s1. The molecule has 2 N–H and O–H groups in total. The van der Waals surface area contributed by atoms with Crippen molar-refractivity contribution in [1.29, 1.82) is 0 Å². The first-order valence-corrected chi connectivity index (χ1v) is 16.2. The molecule has 0 fully saturated rings. The molecule has 13 heteroatoms. The molecule has 1 aromatic carbocycles. The third-order valence-corrected chi connectivity index (χ3v) is 9.41. The topological polar surface area (TPSA) is 134 Å². The number of nitrogens with zero attached hydrogens (tertiary/aromatic N) is 3. The van der Waals surface area contributed by atoms with Crippen LogP contribution in [0.25, 0.3) is 0 Å². The number of hydrogen-bond acceptors (Lipinski definition) is 10. The van der Waals surface area contributed by atoms with Gasteiger partial charge in [0.05, 0.1) is 38.2 Å². The average molecular weight is 630 g/mol. The van der Waals surface area contributed by atoms with Gasteiger partial charge in [-0.2, -0.15) is 0 Å². The van der Waals surface area contributed by atoms with Crippen LogP contribution in [0.5, 0.6) is 11.5 Å². The summed E-state index contributed by atoms with van der Waals surface area (Å²) < 4.78 is 17.8. The van der Waals surface area contributed by atoms with Gasteiger partial charge in [0.2, 0.25) is 5.91 Å². The lowest BCUT2D eigenvalue weighted by atomic mass is 9.95. The smallest absolute Gasteiger partial charge is 0.341 e. The van der Waals surface area contributed by atoms with Crippen LogP contribution in [0.1, 0.15) is 83.4 Å². The van der Waals surface area contributed by atoms with Crippen LogP contribution in [0.2, 0.25) is 0 Å². The van der Waals surface area contributed by atoms with Crippen LogP contribution in [-0.4, -0.2) is 58.6 Å². The van der Waals surface area contributed by atoms with Gasteiger partial charge in [-0.3, -0.25) is 9.59 Å². The first-order valence-electron chi connectivity index (χ1n) is 14.5. The molecule has 4 rings (SSSR count). The Kier molecular flexibility index (Phi) is 11.5. The summed E-state index contributed by atoms with van der Waals surface area (Å²) in [5.74, 6) is 0.675. The molecule has 2 heterocycles. The zero-order valence-corrected chi connectivity index (χ0v) is 26.9. The highest BCUT2D eigenvalue weighted by molar-refractivity contribution is 8.00. The maximum absolute atomic E-state index is 13.4. The van der Waals surface area contributed by atoms with Crippen molar-refractivity contribution in [2.24, 2.45) is 0 Å². The van der Waals surface area contributed by atoms with E-state index in [9.17, 15) is 14.4 Å². The van der Waals surface area contributed by atoms with Gasteiger partial charge in [-0.05, 0) is 69.7 Å². The summed E-state index contributed by atoms with van der Waals surface area (Å²) in [5, 5.41) is 15.2. The second kappa shape index (κ2) is 15.2. The fraction of sp³-hybridized carbons (Fsp3) is 0.500. The zero-order chi connectivity index (χ0) is 30.9.